The lowest BCUT2D eigenvalue weighted by Gasteiger charge is -2.49. The Morgan fingerprint density at radius 2 is 2.00 bits per heavy atom. The number of nitrogens with one attached hydrogen (secondary N) is 1. The average molecular weight is 602 g/mol. The van der Waals surface area contributed by atoms with Crippen LogP contribution in [-0.4, -0.2) is 26.5 Å². The van der Waals surface area contributed by atoms with E-state index in [4.69, 9.17) is 16.6 Å². The van der Waals surface area contributed by atoms with Crippen molar-refractivity contribution in [2.24, 2.45) is 4.99 Å². The number of imidazole rings is 1. The number of benzene rings is 1. The lowest BCUT2D eigenvalue weighted by molar-refractivity contribution is -0.145. The van der Waals surface area contributed by atoms with Gasteiger partial charge in [0.15, 0.2) is 4.73 Å². The van der Waals surface area contributed by atoms with Gasteiger partial charge in [0, 0.05) is 26.1 Å². The Morgan fingerprint density at radius 1 is 1.24 bits per heavy atom. The van der Waals surface area contributed by atoms with Gasteiger partial charge in [-0.3, -0.25) is 9.79 Å². The Morgan fingerprint density at radius 3 is 2.72 bits per heavy atom. The van der Waals surface area contributed by atoms with Crippen LogP contribution < -0.4 is 0 Å². The normalized spacial score (nSPS) is 27.0. The zero-order chi connectivity index (χ0) is 20.7. The number of hydrogen-bond donors (Lipinski definition) is 1. The summed E-state index contributed by atoms with van der Waals surface area (Å²) in [5.41, 5.74) is 3.06. The number of β-lactam (4-membered cyclic amide) rings is 1. The second kappa shape index (κ2) is 6.39. The van der Waals surface area contributed by atoms with Gasteiger partial charge in [-0.1, -0.05) is 63.4 Å². The standard InChI is InChI=1S/C20H14Br3ClN4O/c1-19(2)4-3-13-20(15-10(22)5-9(21)6-12(15)25-13)7-14(29)28(20)8-11(24)16-17(19)27-18(23)26-16/h3-6,8H,7H2,1-2H3,(H,26,27)/b4-3-,11-8+/t20-/m1/s1. The van der Waals surface area contributed by atoms with E-state index in [1.165, 1.54) is 0 Å². The maximum Gasteiger partial charge on any atom is 0.230 e. The molecule has 1 aromatic carbocycles. The Hall–Kier alpha value is -1.22. The highest BCUT2D eigenvalue weighted by Crippen LogP contribution is 2.55. The number of allylic oxidation sites excluding steroid dienone is 1. The van der Waals surface area contributed by atoms with E-state index in [2.05, 4.69) is 77.7 Å². The molecule has 1 aromatic heterocycles. The predicted molar refractivity (Wildman–Crippen MR) is 124 cm³/mol. The summed E-state index contributed by atoms with van der Waals surface area (Å²) in [4.78, 5) is 27.1. The van der Waals surface area contributed by atoms with Crippen molar-refractivity contribution in [3.63, 3.8) is 0 Å². The molecule has 1 fully saturated rings. The fourth-order valence-corrected chi connectivity index (χ4v) is 6.37. The highest BCUT2D eigenvalue weighted by molar-refractivity contribution is 9.11. The van der Waals surface area contributed by atoms with Crippen LogP contribution in [-0.2, 0) is 15.7 Å². The molecule has 0 aliphatic carbocycles. The molecule has 0 saturated carbocycles. The summed E-state index contributed by atoms with van der Waals surface area (Å²) in [7, 11) is 0. The van der Waals surface area contributed by atoms with Gasteiger partial charge in [0.25, 0.3) is 0 Å². The van der Waals surface area contributed by atoms with Crippen molar-refractivity contribution in [3.05, 3.63) is 61.1 Å². The van der Waals surface area contributed by atoms with Gasteiger partial charge < -0.3 is 9.88 Å². The van der Waals surface area contributed by atoms with E-state index in [-0.39, 0.29) is 11.3 Å². The fraction of sp³-hybridized carbons (Fsp3) is 0.250. The van der Waals surface area contributed by atoms with Gasteiger partial charge in [-0.05, 0) is 34.1 Å². The third-order valence-electron chi connectivity index (χ3n) is 5.65. The molecule has 29 heavy (non-hydrogen) atoms. The quantitative estimate of drug-likeness (QED) is 0.361. The number of fused-ring (bicyclic) bond motifs is 2. The molecule has 9 heteroatoms. The number of H-pyrrole nitrogens is 1. The molecule has 5 rings (SSSR count). The first-order valence-electron chi connectivity index (χ1n) is 8.87. The summed E-state index contributed by atoms with van der Waals surface area (Å²) in [6.45, 7) is 4.18. The number of rotatable bonds is 0. The highest BCUT2D eigenvalue weighted by Gasteiger charge is 2.59. The summed E-state index contributed by atoms with van der Waals surface area (Å²) in [6.07, 6.45) is 6.13. The lowest BCUT2D eigenvalue weighted by atomic mass is 9.74. The monoisotopic (exact) mass is 598 g/mol. The van der Waals surface area contributed by atoms with E-state index in [1.807, 2.05) is 18.2 Å². The molecule has 1 spiro atoms. The number of hydrogen-bond acceptors (Lipinski definition) is 3. The molecule has 3 aliphatic rings. The fourth-order valence-electron chi connectivity index (χ4n) is 4.23. The van der Waals surface area contributed by atoms with Crippen LogP contribution in [0.15, 0.2) is 49.2 Å². The summed E-state index contributed by atoms with van der Waals surface area (Å²) < 4.78 is 2.41. The van der Waals surface area contributed by atoms with Gasteiger partial charge in [-0.2, -0.15) is 0 Å². The number of carbonyl (C=O) groups excluding carboxylic acids is 1. The lowest BCUT2D eigenvalue weighted by Crippen LogP contribution is -2.61. The molecule has 3 aliphatic heterocycles. The minimum atomic E-state index is -0.677. The number of aromatic nitrogens is 2. The van der Waals surface area contributed by atoms with Crippen molar-refractivity contribution in [3.8, 4) is 0 Å². The SMILES string of the molecule is CC1(C)/C=C\C2=Nc3cc(Br)cc(Br)c3[C@@]23CC(=O)N3/C=C(/Cl)c2nc(Br)[nH]c21. The zero-order valence-corrected chi connectivity index (χ0v) is 20.9. The van der Waals surface area contributed by atoms with Gasteiger partial charge >= 0.3 is 0 Å². The van der Waals surface area contributed by atoms with E-state index in [0.29, 0.717) is 21.9 Å². The van der Waals surface area contributed by atoms with E-state index < -0.39 is 5.54 Å². The van der Waals surface area contributed by atoms with Crippen molar-refractivity contribution in [2.45, 2.75) is 31.2 Å². The van der Waals surface area contributed by atoms with Crippen molar-refractivity contribution >= 4 is 81.7 Å². The number of carbonyl (C=O) groups is 1. The molecular weight excluding hydrogens is 587 g/mol. The third-order valence-corrected chi connectivity index (χ3v) is 7.38. The van der Waals surface area contributed by atoms with Crippen LogP contribution in [0.2, 0.25) is 0 Å². The van der Waals surface area contributed by atoms with Crippen LogP contribution in [0.1, 0.15) is 37.2 Å². The molecule has 0 unspecified atom stereocenters. The Bertz CT molecular complexity index is 1200. The number of aliphatic imine (C=N–C) groups is 1. The molecule has 1 atom stereocenters. The van der Waals surface area contributed by atoms with Gasteiger partial charge in [0.05, 0.1) is 28.5 Å². The molecule has 2 aromatic rings. The largest absolute Gasteiger partial charge is 0.335 e. The number of amides is 1. The third kappa shape index (κ3) is 2.72. The molecule has 148 valence electrons. The summed E-state index contributed by atoms with van der Waals surface area (Å²) in [6, 6.07) is 3.95. The van der Waals surface area contributed by atoms with Gasteiger partial charge in [-0.15, -0.1) is 0 Å². The maximum absolute atomic E-state index is 12.7. The van der Waals surface area contributed by atoms with Crippen molar-refractivity contribution in [2.75, 3.05) is 0 Å². The van der Waals surface area contributed by atoms with Crippen LogP contribution in [0.5, 0.6) is 0 Å². The van der Waals surface area contributed by atoms with Crippen LogP contribution >= 0.6 is 59.4 Å². The maximum atomic E-state index is 12.7. The molecular formula is C20H14Br3ClN4O. The number of nitrogens with zero attached hydrogens (tertiary/aromatic N) is 3. The smallest absolute Gasteiger partial charge is 0.230 e. The van der Waals surface area contributed by atoms with Crippen LogP contribution in [0, 0.1) is 0 Å². The van der Waals surface area contributed by atoms with E-state index in [9.17, 15) is 4.79 Å². The topological polar surface area (TPSA) is 61.4 Å². The Balaban J connectivity index is 1.81. The molecule has 5 nitrogen and oxygen atoms in total. The van der Waals surface area contributed by atoms with Crippen LogP contribution in [0.4, 0.5) is 5.69 Å². The van der Waals surface area contributed by atoms with E-state index in [1.54, 1.807) is 11.1 Å². The summed E-state index contributed by atoms with van der Waals surface area (Å²) in [5, 5.41) is 0.402. The first-order valence-corrected chi connectivity index (χ1v) is 11.6. The Labute approximate surface area is 197 Å². The summed E-state index contributed by atoms with van der Waals surface area (Å²) >= 11 is 17.3. The minimum Gasteiger partial charge on any atom is -0.335 e. The summed E-state index contributed by atoms with van der Waals surface area (Å²) in [5.74, 6) is -0.0112. The average Bonchev–Trinajstić information content (AvgIpc) is 3.17. The molecule has 4 heterocycles. The van der Waals surface area contributed by atoms with E-state index in [0.717, 1.165) is 31.6 Å². The second-order valence-corrected chi connectivity index (χ2v) is 10.8. The number of aromatic amines is 1. The number of halogens is 4. The van der Waals surface area contributed by atoms with Crippen molar-refractivity contribution in [1.29, 1.82) is 0 Å². The molecule has 1 amide bonds. The predicted octanol–water partition coefficient (Wildman–Crippen LogP) is 6.30. The van der Waals surface area contributed by atoms with Gasteiger partial charge in [0.2, 0.25) is 5.91 Å². The first-order chi connectivity index (χ1) is 13.6. The van der Waals surface area contributed by atoms with Crippen molar-refractivity contribution in [1.82, 2.24) is 14.9 Å². The molecule has 0 radical (unpaired) electrons. The highest BCUT2D eigenvalue weighted by atomic mass is 79.9. The van der Waals surface area contributed by atoms with Gasteiger partial charge in [-0.25, -0.2) is 4.98 Å². The van der Waals surface area contributed by atoms with Gasteiger partial charge in [0.1, 0.15) is 11.2 Å². The minimum absolute atomic E-state index is 0.0112. The van der Waals surface area contributed by atoms with E-state index >= 15 is 0 Å². The molecule has 0 bridgehead atoms. The first kappa shape index (κ1) is 19.7. The zero-order valence-electron chi connectivity index (χ0n) is 15.4. The molecule has 1 N–H and O–H groups in total. The second-order valence-electron chi connectivity index (χ2n) is 7.86. The van der Waals surface area contributed by atoms with Crippen molar-refractivity contribution < 1.29 is 4.79 Å². The van der Waals surface area contributed by atoms with Crippen LogP contribution in [0.3, 0.4) is 0 Å². The van der Waals surface area contributed by atoms with Crippen LogP contribution in [0.25, 0.3) is 5.03 Å². The molecule has 1 saturated heterocycles. The Kier molecular flexibility index (Phi) is 4.35.